The standard InChI is InChI=1S/C15H17NO2/c1-10-13-5-3-11-9-12(18-2)4-6-14(11)16(13)8-7-15(10)17/h4,6,9H,3,5,7-8H2,1-2H3. The number of carbonyl (C=O) groups excluding carboxylic acids is 1. The lowest BCUT2D eigenvalue weighted by Crippen LogP contribution is -2.35. The molecule has 0 saturated carbocycles. The predicted molar refractivity (Wildman–Crippen MR) is 71.0 cm³/mol. The zero-order valence-corrected chi connectivity index (χ0v) is 10.8. The zero-order chi connectivity index (χ0) is 12.7. The third-order valence-corrected chi connectivity index (χ3v) is 3.95. The molecule has 94 valence electrons. The molecule has 0 amide bonds. The molecule has 2 aliphatic heterocycles. The minimum Gasteiger partial charge on any atom is -0.497 e. The number of hydrogen-bond acceptors (Lipinski definition) is 3. The average molecular weight is 243 g/mol. The van der Waals surface area contributed by atoms with Crippen LogP contribution in [0.4, 0.5) is 5.69 Å². The summed E-state index contributed by atoms with van der Waals surface area (Å²) in [7, 11) is 1.69. The molecule has 0 N–H and O–H groups in total. The van der Waals surface area contributed by atoms with Crippen molar-refractivity contribution in [3.8, 4) is 5.75 Å². The number of benzene rings is 1. The van der Waals surface area contributed by atoms with Crippen molar-refractivity contribution in [3.05, 3.63) is 35.0 Å². The molecule has 18 heavy (non-hydrogen) atoms. The molecule has 0 bridgehead atoms. The van der Waals surface area contributed by atoms with Crippen molar-refractivity contribution in [3.63, 3.8) is 0 Å². The van der Waals surface area contributed by atoms with Crippen molar-refractivity contribution in [1.29, 1.82) is 0 Å². The maximum absolute atomic E-state index is 11.8. The number of ether oxygens (including phenoxy) is 1. The van der Waals surface area contributed by atoms with Crippen molar-refractivity contribution >= 4 is 11.5 Å². The van der Waals surface area contributed by atoms with Crippen LogP contribution in [0.3, 0.4) is 0 Å². The van der Waals surface area contributed by atoms with Crippen molar-refractivity contribution in [2.75, 3.05) is 18.6 Å². The smallest absolute Gasteiger partial charge is 0.162 e. The Kier molecular flexibility index (Phi) is 2.62. The Bertz CT molecular complexity index is 545. The molecule has 3 nitrogen and oxygen atoms in total. The molecule has 0 radical (unpaired) electrons. The molecule has 0 unspecified atom stereocenters. The summed E-state index contributed by atoms with van der Waals surface area (Å²) in [6.07, 6.45) is 2.57. The second-order valence-electron chi connectivity index (χ2n) is 4.89. The molecule has 3 rings (SSSR count). The van der Waals surface area contributed by atoms with E-state index in [4.69, 9.17) is 4.74 Å². The molecule has 0 saturated heterocycles. The van der Waals surface area contributed by atoms with Crippen LogP contribution in [-0.4, -0.2) is 19.4 Å². The van der Waals surface area contributed by atoms with Gasteiger partial charge < -0.3 is 9.64 Å². The molecule has 0 spiro atoms. The molecule has 0 fully saturated rings. The number of hydrogen-bond donors (Lipinski definition) is 0. The number of allylic oxidation sites excluding steroid dienone is 2. The van der Waals surface area contributed by atoms with Crippen molar-refractivity contribution < 1.29 is 9.53 Å². The Labute approximate surface area is 107 Å². The molecule has 1 aromatic carbocycles. The van der Waals surface area contributed by atoms with Crippen LogP contribution in [0.15, 0.2) is 29.5 Å². The minimum atomic E-state index is 0.304. The van der Waals surface area contributed by atoms with Gasteiger partial charge in [-0.25, -0.2) is 0 Å². The number of nitrogens with zero attached hydrogens (tertiary/aromatic N) is 1. The third kappa shape index (κ3) is 1.62. The van der Waals surface area contributed by atoms with Crippen LogP contribution >= 0.6 is 0 Å². The number of aryl methyl sites for hydroxylation is 1. The van der Waals surface area contributed by atoms with E-state index in [1.807, 2.05) is 13.0 Å². The number of carbonyl (C=O) groups is 1. The number of fused-ring (bicyclic) bond motifs is 3. The molecule has 0 atom stereocenters. The number of methoxy groups -OCH3 is 1. The predicted octanol–water partition coefficient (Wildman–Crippen LogP) is 2.69. The monoisotopic (exact) mass is 243 g/mol. The SMILES string of the molecule is COc1ccc2c(c1)CCC1=C(C)C(=O)CCN12. The van der Waals surface area contributed by atoms with Gasteiger partial charge in [-0.2, -0.15) is 0 Å². The Balaban J connectivity index is 2.07. The van der Waals surface area contributed by atoms with E-state index >= 15 is 0 Å². The summed E-state index contributed by atoms with van der Waals surface area (Å²) >= 11 is 0. The first-order chi connectivity index (χ1) is 8.70. The molecule has 1 aromatic rings. The zero-order valence-electron chi connectivity index (χ0n) is 10.8. The van der Waals surface area contributed by atoms with Crippen LogP contribution in [-0.2, 0) is 11.2 Å². The van der Waals surface area contributed by atoms with E-state index in [0.29, 0.717) is 12.2 Å². The fourth-order valence-corrected chi connectivity index (χ4v) is 2.89. The largest absolute Gasteiger partial charge is 0.497 e. The maximum Gasteiger partial charge on any atom is 0.162 e. The van der Waals surface area contributed by atoms with Crippen LogP contribution < -0.4 is 9.64 Å². The topological polar surface area (TPSA) is 29.5 Å². The Morgan fingerprint density at radius 1 is 1.22 bits per heavy atom. The van der Waals surface area contributed by atoms with Crippen LogP contribution in [0.2, 0.25) is 0 Å². The number of ketones is 1. The van der Waals surface area contributed by atoms with Gasteiger partial charge in [0, 0.05) is 29.9 Å². The maximum atomic E-state index is 11.8. The van der Waals surface area contributed by atoms with Crippen molar-refractivity contribution in [2.45, 2.75) is 26.2 Å². The highest BCUT2D eigenvalue weighted by atomic mass is 16.5. The van der Waals surface area contributed by atoms with Gasteiger partial charge in [0.15, 0.2) is 5.78 Å². The second kappa shape index (κ2) is 4.16. The van der Waals surface area contributed by atoms with E-state index in [0.717, 1.165) is 30.7 Å². The summed E-state index contributed by atoms with van der Waals surface area (Å²) in [5.41, 5.74) is 4.72. The molecule has 2 heterocycles. The highest BCUT2D eigenvalue weighted by molar-refractivity contribution is 5.98. The third-order valence-electron chi connectivity index (χ3n) is 3.95. The lowest BCUT2D eigenvalue weighted by molar-refractivity contribution is -0.115. The van der Waals surface area contributed by atoms with Crippen LogP contribution in [0.1, 0.15) is 25.3 Å². The summed E-state index contributed by atoms with van der Waals surface area (Å²) in [5.74, 6) is 1.21. The lowest BCUT2D eigenvalue weighted by Gasteiger charge is -2.37. The van der Waals surface area contributed by atoms with Gasteiger partial charge in [-0.3, -0.25) is 4.79 Å². The van der Waals surface area contributed by atoms with Gasteiger partial charge in [-0.1, -0.05) is 0 Å². The molecular formula is C15H17NO2. The van der Waals surface area contributed by atoms with E-state index in [1.54, 1.807) is 7.11 Å². The molecule has 0 aromatic heterocycles. The van der Waals surface area contributed by atoms with Gasteiger partial charge in [-0.05, 0) is 43.5 Å². The van der Waals surface area contributed by atoms with Crippen LogP contribution in [0, 0.1) is 0 Å². The van der Waals surface area contributed by atoms with Crippen LogP contribution in [0.5, 0.6) is 5.75 Å². The van der Waals surface area contributed by atoms with E-state index in [1.165, 1.54) is 16.9 Å². The summed E-state index contributed by atoms with van der Waals surface area (Å²) < 4.78 is 5.27. The van der Waals surface area contributed by atoms with Crippen molar-refractivity contribution in [2.24, 2.45) is 0 Å². The number of anilines is 1. The van der Waals surface area contributed by atoms with E-state index in [9.17, 15) is 4.79 Å². The summed E-state index contributed by atoms with van der Waals surface area (Å²) in [6.45, 7) is 2.77. The van der Waals surface area contributed by atoms with Gasteiger partial charge in [0.05, 0.1) is 7.11 Å². The number of Topliss-reactive ketones (excluding diaryl/α,β-unsaturated/α-hetero) is 1. The first-order valence-electron chi connectivity index (χ1n) is 6.38. The van der Waals surface area contributed by atoms with Crippen LogP contribution in [0.25, 0.3) is 0 Å². The normalized spacial score (nSPS) is 18.6. The summed E-state index contributed by atoms with van der Waals surface area (Å²) in [5, 5.41) is 0. The Morgan fingerprint density at radius 3 is 2.83 bits per heavy atom. The Morgan fingerprint density at radius 2 is 2.06 bits per heavy atom. The highest BCUT2D eigenvalue weighted by Gasteiger charge is 2.28. The van der Waals surface area contributed by atoms with Gasteiger partial charge >= 0.3 is 0 Å². The van der Waals surface area contributed by atoms with E-state index in [-0.39, 0.29) is 0 Å². The molecule has 0 aliphatic carbocycles. The summed E-state index contributed by atoms with van der Waals surface area (Å²) in [4.78, 5) is 14.1. The Hall–Kier alpha value is -1.77. The van der Waals surface area contributed by atoms with E-state index in [2.05, 4.69) is 17.0 Å². The van der Waals surface area contributed by atoms with Crippen molar-refractivity contribution in [1.82, 2.24) is 0 Å². The first-order valence-corrected chi connectivity index (χ1v) is 6.38. The van der Waals surface area contributed by atoms with Gasteiger partial charge in [0.2, 0.25) is 0 Å². The summed E-state index contributed by atoms with van der Waals surface area (Å²) in [6, 6.07) is 6.21. The van der Waals surface area contributed by atoms with E-state index < -0.39 is 0 Å². The van der Waals surface area contributed by atoms with Gasteiger partial charge in [-0.15, -0.1) is 0 Å². The molecular weight excluding hydrogens is 226 g/mol. The second-order valence-corrected chi connectivity index (χ2v) is 4.89. The average Bonchev–Trinajstić information content (AvgIpc) is 2.41. The fraction of sp³-hybridized carbons (Fsp3) is 0.400. The lowest BCUT2D eigenvalue weighted by atomic mass is 9.91. The fourth-order valence-electron chi connectivity index (χ4n) is 2.89. The molecule has 2 aliphatic rings. The van der Waals surface area contributed by atoms with Gasteiger partial charge in [0.1, 0.15) is 5.75 Å². The first kappa shape index (κ1) is 11.3. The minimum absolute atomic E-state index is 0.304. The molecule has 3 heteroatoms. The highest BCUT2D eigenvalue weighted by Crippen LogP contribution is 2.38. The quantitative estimate of drug-likeness (QED) is 0.759. The number of rotatable bonds is 1. The van der Waals surface area contributed by atoms with Gasteiger partial charge in [0.25, 0.3) is 0 Å².